The molecule has 0 aliphatic heterocycles. The van der Waals surface area contributed by atoms with Crippen molar-refractivity contribution in [2.45, 2.75) is 79.0 Å². The molecule has 0 aromatic carbocycles. The highest BCUT2D eigenvalue weighted by molar-refractivity contribution is 5.90. The molecule has 7 nitrogen and oxygen atoms in total. The van der Waals surface area contributed by atoms with Crippen LogP contribution >= 0.6 is 0 Å². The summed E-state index contributed by atoms with van der Waals surface area (Å²) in [5.41, 5.74) is 4.72. The molecule has 0 unspecified atom stereocenters. The van der Waals surface area contributed by atoms with E-state index in [2.05, 4.69) is 10.6 Å². The fraction of sp³-hybridized carbons (Fsp3) is 0.824. The lowest BCUT2D eigenvalue weighted by molar-refractivity contribution is -0.129. The Hall–Kier alpha value is -1.79. The Morgan fingerprint density at radius 1 is 1.08 bits per heavy atom. The lowest BCUT2D eigenvalue weighted by Crippen LogP contribution is -2.55. The molecule has 0 heterocycles. The van der Waals surface area contributed by atoms with Crippen molar-refractivity contribution in [1.29, 1.82) is 0 Å². The van der Waals surface area contributed by atoms with Gasteiger partial charge in [0.1, 0.15) is 17.7 Å². The van der Waals surface area contributed by atoms with Crippen molar-refractivity contribution in [3.05, 3.63) is 0 Å². The van der Waals surface area contributed by atoms with Crippen molar-refractivity contribution in [2.24, 2.45) is 17.6 Å². The molecule has 0 aliphatic carbocycles. The Bertz CT molecular complexity index is 444. The second-order valence-corrected chi connectivity index (χ2v) is 7.60. The van der Waals surface area contributed by atoms with Gasteiger partial charge >= 0.3 is 6.09 Å². The largest absolute Gasteiger partial charge is 0.444 e. The monoisotopic (exact) mass is 343 g/mol. The average molecular weight is 343 g/mol. The molecule has 4 N–H and O–H groups in total. The maximum absolute atomic E-state index is 12.5. The maximum atomic E-state index is 12.5. The van der Waals surface area contributed by atoms with Gasteiger partial charge in [-0.3, -0.25) is 9.59 Å². The molecule has 24 heavy (non-hydrogen) atoms. The average Bonchev–Trinajstić information content (AvgIpc) is 2.39. The predicted molar refractivity (Wildman–Crippen MR) is 93.2 cm³/mol. The third-order valence-corrected chi connectivity index (χ3v) is 3.53. The summed E-state index contributed by atoms with van der Waals surface area (Å²) in [6, 6.07) is -1.55. The summed E-state index contributed by atoms with van der Waals surface area (Å²) in [5.74, 6) is -0.934. The zero-order valence-corrected chi connectivity index (χ0v) is 15.9. The third-order valence-electron chi connectivity index (χ3n) is 3.53. The van der Waals surface area contributed by atoms with E-state index in [0.29, 0.717) is 12.8 Å². The highest BCUT2D eigenvalue weighted by Crippen LogP contribution is 2.12. The lowest BCUT2D eigenvalue weighted by Gasteiger charge is -2.27. The highest BCUT2D eigenvalue weighted by Gasteiger charge is 2.30. The Labute approximate surface area is 145 Å². The number of hydrogen-bond acceptors (Lipinski definition) is 4. The summed E-state index contributed by atoms with van der Waals surface area (Å²) in [4.78, 5) is 36.1. The molecule has 0 aromatic heterocycles. The first-order valence-corrected chi connectivity index (χ1v) is 8.46. The molecule has 0 saturated carbocycles. The summed E-state index contributed by atoms with van der Waals surface area (Å²) >= 11 is 0. The van der Waals surface area contributed by atoms with Gasteiger partial charge in [0.2, 0.25) is 11.8 Å². The van der Waals surface area contributed by atoms with Gasteiger partial charge in [-0.2, -0.15) is 0 Å². The van der Waals surface area contributed by atoms with E-state index in [1.54, 1.807) is 20.8 Å². The minimum atomic E-state index is -0.786. The van der Waals surface area contributed by atoms with Crippen molar-refractivity contribution < 1.29 is 19.1 Å². The van der Waals surface area contributed by atoms with Crippen molar-refractivity contribution in [1.82, 2.24) is 10.6 Å². The van der Waals surface area contributed by atoms with Crippen LogP contribution in [0.25, 0.3) is 0 Å². The maximum Gasteiger partial charge on any atom is 0.408 e. The van der Waals surface area contributed by atoms with Crippen molar-refractivity contribution in [2.75, 3.05) is 0 Å². The SMILES string of the molecule is CC[C@@H](C)[C@@H](NC(=O)[C@@H](CC(C)C)NC(=O)OC(C)(C)C)C(N)=O. The lowest BCUT2D eigenvalue weighted by atomic mass is 9.97. The molecule has 3 amide bonds. The van der Waals surface area contributed by atoms with Gasteiger partial charge in [0.05, 0.1) is 0 Å². The molecule has 0 fully saturated rings. The fourth-order valence-corrected chi connectivity index (χ4v) is 2.14. The number of alkyl carbamates (subject to hydrolysis) is 1. The molecule has 0 aromatic rings. The van der Waals surface area contributed by atoms with Gasteiger partial charge in [0.25, 0.3) is 0 Å². The molecular formula is C17H33N3O4. The summed E-state index contributed by atoms with van der Waals surface area (Å²) in [6.07, 6.45) is 0.460. The van der Waals surface area contributed by atoms with Crippen molar-refractivity contribution in [3.8, 4) is 0 Å². The van der Waals surface area contributed by atoms with E-state index in [4.69, 9.17) is 10.5 Å². The molecule has 0 spiro atoms. The number of hydrogen-bond donors (Lipinski definition) is 3. The Morgan fingerprint density at radius 3 is 2.00 bits per heavy atom. The summed E-state index contributed by atoms with van der Waals surface area (Å²) in [6.45, 7) is 12.9. The summed E-state index contributed by atoms with van der Waals surface area (Å²) in [5, 5.41) is 5.24. The van der Waals surface area contributed by atoms with Gasteiger partial charge < -0.3 is 21.1 Å². The van der Waals surface area contributed by atoms with Crippen molar-refractivity contribution in [3.63, 3.8) is 0 Å². The standard InChI is InChI=1S/C17H33N3O4/c1-8-11(4)13(14(18)21)20-15(22)12(9-10(2)3)19-16(23)24-17(5,6)7/h10-13H,8-9H2,1-7H3,(H2,18,21)(H,19,23)(H,20,22)/t11-,12-,13-/m1/s1. The first kappa shape index (κ1) is 22.2. The van der Waals surface area contributed by atoms with E-state index < -0.39 is 35.6 Å². The number of carbonyl (C=O) groups is 3. The first-order chi connectivity index (χ1) is 10.9. The molecular weight excluding hydrogens is 310 g/mol. The number of primary amides is 1. The number of amides is 3. The number of nitrogens with two attached hydrogens (primary N) is 1. The highest BCUT2D eigenvalue weighted by atomic mass is 16.6. The van der Waals surface area contributed by atoms with Gasteiger partial charge in [-0.1, -0.05) is 34.1 Å². The van der Waals surface area contributed by atoms with E-state index in [9.17, 15) is 14.4 Å². The van der Waals surface area contributed by atoms with Crippen LogP contribution in [0.2, 0.25) is 0 Å². The number of nitrogens with one attached hydrogen (secondary N) is 2. The van der Waals surface area contributed by atoms with E-state index >= 15 is 0 Å². The summed E-state index contributed by atoms with van der Waals surface area (Å²) in [7, 11) is 0. The Morgan fingerprint density at radius 2 is 1.62 bits per heavy atom. The molecule has 7 heteroatoms. The number of ether oxygens (including phenoxy) is 1. The van der Waals surface area contributed by atoms with Crippen LogP contribution < -0.4 is 16.4 Å². The van der Waals surface area contributed by atoms with Crippen LogP contribution in [0.4, 0.5) is 4.79 Å². The van der Waals surface area contributed by atoms with Crippen LogP contribution in [0.3, 0.4) is 0 Å². The van der Waals surface area contributed by atoms with E-state index in [1.807, 2.05) is 27.7 Å². The van der Waals surface area contributed by atoms with Crippen LogP contribution in [-0.4, -0.2) is 35.6 Å². The predicted octanol–water partition coefficient (Wildman–Crippen LogP) is 1.94. The molecule has 0 rings (SSSR count). The van der Waals surface area contributed by atoms with Gasteiger partial charge in [0.15, 0.2) is 0 Å². The Kier molecular flexibility index (Phi) is 8.78. The van der Waals surface area contributed by atoms with Crippen LogP contribution in [0.1, 0.15) is 61.3 Å². The second-order valence-electron chi connectivity index (χ2n) is 7.60. The normalized spacial score (nSPS) is 15.3. The molecule has 3 atom stereocenters. The van der Waals surface area contributed by atoms with Crippen LogP contribution in [0.15, 0.2) is 0 Å². The molecule has 0 radical (unpaired) electrons. The topological polar surface area (TPSA) is 111 Å². The van der Waals surface area contributed by atoms with E-state index in [0.717, 1.165) is 0 Å². The van der Waals surface area contributed by atoms with E-state index in [-0.39, 0.29) is 11.8 Å². The number of carbonyl (C=O) groups excluding carboxylic acids is 3. The molecule has 140 valence electrons. The Balaban J connectivity index is 5.05. The van der Waals surface area contributed by atoms with Crippen LogP contribution in [-0.2, 0) is 14.3 Å². The molecule has 0 saturated heterocycles. The minimum absolute atomic E-state index is 0.0901. The van der Waals surface area contributed by atoms with Crippen LogP contribution in [0.5, 0.6) is 0 Å². The van der Waals surface area contributed by atoms with Gasteiger partial charge in [-0.05, 0) is 39.0 Å². The third kappa shape index (κ3) is 8.74. The second kappa shape index (κ2) is 9.49. The quantitative estimate of drug-likeness (QED) is 0.625. The van der Waals surface area contributed by atoms with E-state index in [1.165, 1.54) is 0 Å². The first-order valence-electron chi connectivity index (χ1n) is 8.46. The zero-order valence-electron chi connectivity index (χ0n) is 15.9. The van der Waals surface area contributed by atoms with Crippen molar-refractivity contribution >= 4 is 17.9 Å². The van der Waals surface area contributed by atoms with Gasteiger partial charge in [0, 0.05) is 0 Å². The molecule has 0 bridgehead atoms. The summed E-state index contributed by atoms with van der Waals surface area (Å²) < 4.78 is 5.20. The fourth-order valence-electron chi connectivity index (χ4n) is 2.14. The van der Waals surface area contributed by atoms with Gasteiger partial charge in [-0.15, -0.1) is 0 Å². The molecule has 0 aliphatic rings. The zero-order chi connectivity index (χ0) is 19.1. The smallest absolute Gasteiger partial charge is 0.408 e. The minimum Gasteiger partial charge on any atom is -0.444 e. The number of rotatable bonds is 8. The van der Waals surface area contributed by atoms with Gasteiger partial charge in [-0.25, -0.2) is 4.79 Å². The van der Waals surface area contributed by atoms with Crippen LogP contribution in [0, 0.1) is 11.8 Å².